The van der Waals surface area contributed by atoms with Crippen molar-refractivity contribution in [2.75, 3.05) is 0 Å². The van der Waals surface area contributed by atoms with E-state index in [1.54, 1.807) is 21.8 Å². The molecule has 1 unspecified atom stereocenters. The van der Waals surface area contributed by atoms with Crippen LogP contribution in [0.3, 0.4) is 0 Å². The Balaban J connectivity index is 1.92. The van der Waals surface area contributed by atoms with Gasteiger partial charge in [0.25, 0.3) is 0 Å². The summed E-state index contributed by atoms with van der Waals surface area (Å²) in [5.41, 5.74) is 1.56. The molecule has 0 aliphatic heterocycles. The van der Waals surface area contributed by atoms with Crippen molar-refractivity contribution in [1.29, 1.82) is 0 Å². The van der Waals surface area contributed by atoms with E-state index in [1.807, 2.05) is 11.3 Å². The first-order chi connectivity index (χ1) is 8.65. The lowest BCUT2D eigenvalue weighted by atomic mass is 9.99. The molecule has 96 valence electrons. The molecule has 0 fully saturated rings. The smallest absolute Gasteiger partial charge is 0.107 e. The molecular formula is C13H11Br2ClS2. The van der Waals surface area contributed by atoms with Crippen molar-refractivity contribution in [3.05, 3.63) is 41.1 Å². The first-order valence-corrected chi connectivity index (χ1v) is 9.57. The summed E-state index contributed by atoms with van der Waals surface area (Å²) in [7, 11) is 0. The van der Waals surface area contributed by atoms with Crippen LogP contribution in [0.2, 0.25) is 4.34 Å². The van der Waals surface area contributed by atoms with Gasteiger partial charge in [0, 0.05) is 19.1 Å². The fraction of sp³-hybridized carbons (Fsp3) is 0.385. The van der Waals surface area contributed by atoms with Crippen LogP contribution in [0.4, 0.5) is 0 Å². The van der Waals surface area contributed by atoms with Crippen molar-refractivity contribution in [3.63, 3.8) is 0 Å². The predicted octanol–water partition coefficient (Wildman–Crippen LogP) is 6.59. The summed E-state index contributed by atoms with van der Waals surface area (Å²) in [5.74, 6) is 0. The van der Waals surface area contributed by atoms with Gasteiger partial charge in [-0.3, -0.25) is 0 Å². The van der Waals surface area contributed by atoms with E-state index in [0.29, 0.717) is 0 Å². The highest BCUT2D eigenvalue weighted by atomic mass is 79.9. The van der Waals surface area contributed by atoms with E-state index in [9.17, 15) is 0 Å². The van der Waals surface area contributed by atoms with Gasteiger partial charge in [0.05, 0.1) is 4.83 Å². The molecule has 0 N–H and O–H groups in total. The summed E-state index contributed by atoms with van der Waals surface area (Å²) in [6.07, 6.45) is 5.19. The Hall–Kier alpha value is 0.650. The molecule has 0 amide bonds. The Morgan fingerprint density at radius 1 is 1.11 bits per heavy atom. The summed E-state index contributed by atoms with van der Waals surface area (Å²) in [4.78, 5) is 4.54. The first-order valence-electron chi connectivity index (χ1n) is 5.85. The van der Waals surface area contributed by atoms with E-state index in [2.05, 4.69) is 44.0 Å². The fourth-order valence-electron chi connectivity index (χ4n) is 2.27. The molecule has 0 nitrogen and oxygen atoms in total. The van der Waals surface area contributed by atoms with E-state index in [0.717, 1.165) is 8.81 Å². The largest absolute Gasteiger partial charge is 0.144 e. The molecule has 0 spiro atoms. The SMILES string of the molecule is Clc1sc(C(Br)c2cc3c(s2)CCCC3)cc1Br. The Morgan fingerprint density at radius 3 is 2.50 bits per heavy atom. The van der Waals surface area contributed by atoms with Gasteiger partial charge in [0.15, 0.2) is 0 Å². The molecule has 3 rings (SSSR count). The van der Waals surface area contributed by atoms with Crippen LogP contribution >= 0.6 is 66.1 Å². The van der Waals surface area contributed by atoms with Crippen LogP contribution in [0.5, 0.6) is 0 Å². The van der Waals surface area contributed by atoms with Gasteiger partial charge in [-0.05, 0) is 59.3 Å². The summed E-state index contributed by atoms with van der Waals surface area (Å²) in [6.45, 7) is 0. The first kappa shape index (κ1) is 13.6. The third-order valence-corrected chi connectivity index (χ3v) is 8.61. The van der Waals surface area contributed by atoms with E-state index in [-0.39, 0.29) is 4.83 Å². The predicted molar refractivity (Wildman–Crippen MR) is 88.8 cm³/mol. The van der Waals surface area contributed by atoms with E-state index in [1.165, 1.54) is 35.4 Å². The van der Waals surface area contributed by atoms with Gasteiger partial charge in [-0.25, -0.2) is 0 Å². The second kappa shape index (κ2) is 5.57. The monoisotopic (exact) mass is 424 g/mol. The third kappa shape index (κ3) is 2.59. The van der Waals surface area contributed by atoms with Crippen LogP contribution in [0, 0.1) is 0 Å². The topological polar surface area (TPSA) is 0 Å². The maximum absolute atomic E-state index is 6.12. The number of aryl methyl sites for hydroxylation is 2. The zero-order valence-corrected chi connectivity index (χ0v) is 15.1. The Labute approximate surface area is 137 Å². The summed E-state index contributed by atoms with van der Waals surface area (Å²) in [5, 5.41) is 0. The van der Waals surface area contributed by atoms with Gasteiger partial charge < -0.3 is 0 Å². The number of halogens is 3. The number of rotatable bonds is 2. The minimum Gasteiger partial charge on any atom is -0.144 e. The summed E-state index contributed by atoms with van der Waals surface area (Å²) >= 11 is 17.0. The lowest BCUT2D eigenvalue weighted by molar-refractivity contribution is 0.697. The van der Waals surface area contributed by atoms with Crippen LogP contribution in [-0.2, 0) is 12.8 Å². The molecule has 5 heteroatoms. The number of alkyl halides is 1. The van der Waals surface area contributed by atoms with Crippen LogP contribution in [-0.4, -0.2) is 0 Å². The molecule has 0 bridgehead atoms. The zero-order valence-electron chi connectivity index (χ0n) is 9.51. The maximum Gasteiger partial charge on any atom is 0.107 e. The van der Waals surface area contributed by atoms with Crippen molar-refractivity contribution in [2.45, 2.75) is 30.5 Å². The lowest BCUT2D eigenvalue weighted by Gasteiger charge is -2.08. The van der Waals surface area contributed by atoms with Crippen LogP contribution < -0.4 is 0 Å². The van der Waals surface area contributed by atoms with Gasteiger partial charge in [0.1, 0.15) is 4.34 Å². The van der Waals surface area contributed by atoms with Gasteiger partial charge in [-0.15, -0.1) is 22.7 Å². The molecule has 2 aromatic heterocycles. The number of hydrogen-bond donors (Lipinski definition) is 0. The fourth-order valence-corrected chi connectivity index (χ4v) is 6.15. The highest BCUT2D eigenvalue weighted by Crippen LogP contribution is 2.44. The molecule has 0 aromatic carbocycles. The molecule has 18 heavy (non-hydrogen) atoms. The Kier molecular flexibility index (Phi) is 4.21. The molecule has 1 aliphatic rings. The quantitative estimate of drug-likeness (QED) is 0.475. The summed E-state index contributed by atoms with van der Waals surface area (Å²) in [6, 6.07) is 4.49. The van der Waals surface area contributed by atoms with Gasteiger partial charge in [-0.1, -0.05) is 27.5 Å². The highest BCUT2D eigenvalue weighted by molar-refractivity contribution is 9.10. The van der Waals surface area contributed by atoms with Crippen LogP contribution in [0.15, 0.2) is 16.6 Å². The second-order valence-corrected chi connectivity index (χ2v) is 9.06. The van der Waals surface area contributed by atoms with E-state index in [4.69, 9.17) is 11.6 Å². The van der Waals surface area contributed by atoms with Gasteiger partial charge in [0.2, 0.25) is 0 Å². The molecule has 0 saturated heterocycles. The number of fused-ring (bicyclic) bond motifs is 1. The standard InChI is InChI=1S/C13H11Br2ClS2/c14-8-6-11(18-13(8)16)12(15)10-5-7-3-1-2-4-9(7)17-10/h5-6,12H,1-4H2. The van der Waals surface area contributed by atoms with Crippen molar-refractivity contribution >= 4 is 66.1 Å². The molecule has 0 radical (unpaired) electrons. The minimum absolute atomic E-state index is 0.280. The Morgan fingerprint density at radius 2 is 1.83 bits per heavy atom. The second-order valence-electron chi connectivity index (χ2n) is 4.44. The molecule has 1 aliphatic carbocycles. The van der Waals surface area contributed by atoms with Crippen molar-refractivity contribution in [2.24, 2.45) is 0 Å². The normalized spacial score (nSPS) is 16.6. The number of hydrogen-bond acceptors (Lipinski definition) is 2. The third-order valence-electron chi connectivity index (χ3n) is 3.18. The van der Waals surface area contributed by atoms with E-state index >= 15 is 0 Å². The Bertz CT molecular complexity index is 531. The summed E-state index contributed by atoms with van der Waals surface area (Å²) < 4.78 is 1.82. The van der Waals surface area contributed by atoms with Crippen molar-refractivity contribution < 1.29 is 0 Å². The minimum atomic E-state index is 0.280. The average Bonchev–Trinajstić information content (AvgIpc) is 2.93. The molecule has 0 saturated carbocycles. The lowest BCUT2D eigenvalue weighted by Crippen LogP contribution is -1.96. The molecule has 2 aromatic rings. The van der Waals surface area contributed by atoms with Crippen molar-refractivity contribution in [3.8, 4) is 0 Å². The zero-order chi connectivity index (χ0) is 12.7. The van der Waals surface area contributed by atoms with Crippen LogP contribution in [0.1, 0.15) is 37.9 Å². The van der Waals surface area contributed by atoms with Gasteiger partial charge in [-0.2, -0.15) is 0 Å². The molecular weight excluding hydrogens is 416 g/mol. The van der Waals surface area contributed by atoms with Crippen molar-refractivity contribution in [1.82, 2.24) is 0 Å². The van der Waals surface area contributed by atoms with Gasteiger partial charge >= 0.3 is 0 Å². The maximum atomic E-state index is 6.12. The average molecular weight is 427 g/mol. The van der Waals surface area contributed by atoms with E-state index < -0.39 is 0 Å². The molecule has 1 atom stereocenters. The number of thiophene rings is 2. The molecule has 2 heterocycles. The highest BCUT2D eigenvalue weighted by Gasteiger charge is 2.20. The van der Waals surface area contributed by atoms with Crippen LogP contribution in [0.25, 0.3) is 0 Å².